The van der Waals surface area contributed by atoms with E-state index in [-0.39, 0.29) is 17.9 Å². The number of piperidine rings is 1. The summed E-state index contributed by atoms with van der Waals surface area (Å²) in [7, 11) is 3.29. The maximum Gasteiger partial charge on any atom is 0.419 e. The number of oxazole rings is 1. The normalized spacial score (nSPS) is 16.0. The molecule has 1 fully saturated rings. The summed E-state index contributed by atoms with van der Waals surface area (Å²) in [6.45, 7) is 3.95. The van der Waals surface area contributed by atoms with Crippen LogP contribution in [0.15, 0.2) is 57.9 Å². The van der Waals surface area contributed by atoms with Gasteiger partial charge in [0.1, 0.15) is 11.6 Å². The summed E-state index contributed by atoms with van der Waals surface area (Å²) < 4.78 is 12.1. The summed E-state index contributed by atoms with van der Waals surface area (Å²) >= 11 is 0. The van der Waals surface area contributed by atoms with Crippen molar-refractivity contribution in [2.24, 2.45) is 7.05 Å². The molecule has 4 aromatic rings. The number of hydrogen-bond donors (Lipinski definition) is 1. The second-order valence-electron chi connectivity index (χ2n) is 10.4. The summed E-state index contributed by atoms with van der Waals surface area (Å²) in [4.78, 5) is 47.1. The van der Waals surface area contributed by atoms with Crippen LogP contribution in [0.1, 0.15) is 39.9 Å². The first kappa shape index (κ1) is 25.7. The molecule has 1 N–H and O–H groups in total. The van der Waals surface area contributed by atoms with Gasteiger partial charge in [-0.15, -0.1) is 0 Å². The zero-order chi connectivity index (χ0) is 28.0. The molecule has 10 nitrogen and oxygen atoms in total. The molecular formula is C30H31N5O5. The van der Waals surface area contributed by atoms with Crippen LogP contribution >= 0.6 is 0 Å². The fraction of sp³-hybridized carbons (Fsp3) is 0.333. The van der Waals surface area contributed by atoms with E-state index >= 15 is 0 Å². The van der Waals surface area contributed by atoms with Crippen LogP contribution in [0.5, 0.6) is 5.75 Å². The Bertz CT molecular complexity index is 1680. The Morgan fingerprint density at radius 2 is 1.85 bits per heavy atom. The average Bonchev–Trinajstić information content (AvgIpc) is 3.15. The first-order valence-corrected chi connectivity index (χ1v) is 13.4. The topological polar surface area (TPSA) is 110 Å². The van der Waals surface area contributed by atoms with Crippen LogP contribution in [0.3, 0.4) is 0 Å². The molecule has 0 unspecified atom stereocenters. The molecule has 2 amide bonds. The number of ether oxygens (including phenoxy) is 1. The number of amides is 2. The smallest absolute Gasteiger partial charge is 0.419 e. The number of anilines is 2. The summed E-state index contributed by atoms with van der Waals surface area (Å²) in [5.41, 5.74) is 4.76. The Hall–Kier alpha value is -4.60. The molecule has 0 spiro atoms. The number of carbonyl (C=O) groups is 2. The van der Waals surface area contributed by atoms with Crippen LogP contribution in [-0.2, 0) is 13.5 Å². The van der Waals surface area contributed by atoms with E-state index in [2.05, 4.69) is 15.2 Å². The second kappa shape index (κ2) is 10.2. The Morgan fingerprint density at radius 3 is 2.62 bits per heavy atom. The first-order chi connectivity index (χ1) is 19.3. The molecule has 10 heteroatoms. The van der Waals surface area contributed by atoms with Gasteiger partial charge in [0.2, 0.25) is 0 Å². The lowest BCUT2D eigenvalue weighted by atomic mass is 10.0. The minimum absolute atomic E-state index is 0.0744. The van der Waals surface area contributed by atoms with Crippen LogP contribution in [-0.4, -0.2) is 59.1 Å². The van der Waals surface area contributed by atoms with Crippen LogP contribution < -0.4 is 20.7 Å². The quantitative estimate of drug-likeness (QED) is 0.378. The molecule has 4 heterocycles. The van der Waals surface area contributed by atoms with Crippen LogP contribution in [0.2, 0.25) is 0 Å². The lowest BCUT2D eigenvalue weighted by Crippen LogP contribution is -2.49. The maximum absolute atomic E-state index is 13.4. The molecule has 6 rings (SSSR count). The highest BCUT2D eigenvalue weighted by molar-refractivity contribution is 6.10. The second-order valence-corrected chi connectivity index (χ2v) is 10.4. The highest BCUT2D eigenvalue weighted by Gasteiger charge is 2.31. The summed E-state index contributed by atoms with van der Waals surface area (Å²) in [5, 5.41) is 3.06. The zero-order valence-corrected chi connectivity index (χ0v) is 22.8. The summed E-state index contributed by atoms with van der Waals surface area (Å²) in [6.07, 6.45) is 4.01. The SMILES string of the molecule is COc1ccc2c(c1)CCN(C1CCN(c3cc(C(=O)c4cc(C)c5c(c4)oc(=O)n5C)ccn3)CC1)C(=O)N2. The fourth-order valence-electron chi connectivity index (χ4n) is 5.85. The van der Waals surface area contributed by atoms with Gasteiger partial charge in [-0.2, -0.15) is 0 Å². The number of carbonyl (C=O) groups excluding carboxylic acids is 2. The largest absolute Gasteiger partial charge is 0.497 e. The molecule has 0 radical (unpaired) electrons. The number of hydrogen-bond acceptors (Lipinski definition) is 7. The van der Waals surface area contributed by atoms with Gasteiger partial charge in [-0.1, -0.05) is 0 Å². The number of aromatic nitrogens is 2. The number of pyridine rings is 1. The number of nitrogens with one attached hydrogen (secondary N) is 1. The van der Waals surface area contributed by atoms with Gasteiger partial charge in [0.05, 0.1) is 12.6 Å². The molecule has 0 saturated carbocycles. The van der Waals surface area contributed by atoms with Gasteiger partial charge in [0.15, 0.2) is 11.4 Å². The third kappa shape index (κ3) is 4.59. The van der Waals surface area contributed by atoms with Crippen molar-refractivity contribution in [1.29, 1.82) is 0 Å². The molecule has 0 bridgehead atoms. The van der Waals surface area contributed by atoms with E-state index in [1.54, 1.807) is 38.6 Å². The van der Waals surface area contributed by atoms with Crippen molar-refractivity contribution < 1.29 is 18.7 Å². The standard InChI is InChI=1S/C30H31N5O5/c1-18-14-21(16-25-27(18)33(2)30(38)40-25)28(36)20-6-10-31-26(17-20)34-11-8-22(9-12-34)35-13-7-19-15-23(39-3)4-5-24(19)32-29(35)37/h4-6,10,14-17,22H,7-9,11-13H2,1-3H3,(H,32,37). The fourth-order valence-corrected chi connectivity index (χ4v) is 5.85. The number of urea groups is 1. The van der Waals surface area contributed by atoms with Gasteiger partial charge in [0, 0.05) is 55.7 Å². The van der Waals surface area contributed by atoms with E-state index in [1.165, 1.54) is 4.57 Å². The minimum Gasteiger partial charge on any atom is -0.497 e. The van der Waals surface area contributed by atoms with Gasteiger partial charge >= 0.3 is 11.8 Å². The Balaban J connectivity index is 1.14. The zero-order valence-electron chi connectivity index (χ0n) is 22.8. The van der Waals surface area contributed by atoms with Crippen LogP contribution in [0.4, 0.5) is 16.3 Å². The molecular weight excluding hydrogens is 510 g/mol. The predicted molar refractivity (Wildman–Crippen MR) is 152 cm³/mol. The minimum atomic E-state index is -0.459. The van der Waals surface area contributed by atoms with E-state index in [9.17, 15) is 14.4 Å². The molecule has 2 aliphatic rings. The van der Waals surface area contributed by atoms with Crippen LogP contribution in [0.25, 0.3) is 11.1 Å². The van der Waals surface area contributed by atoms with E-state index in [1.807, 2.05) is 36.1 Å². The number of ketones is 1. The van der Waals surface area contributed by atoms with Crippen molar-refractivity contribution in [3.05, 3.63) is 81.5 Å². The van der Waals surface area contributed by atoms with Crippen molar-refractivity contribution in [3.63, 3.8) is 0 Å². The molecule has 0 atom stereocenters. The van der Waals surface area contributed by atoms with Crippen molar-refractivity contribution >= 4 is 34.4 Å². The average molecular weight is 542 g/mol. The molecule has 2 aromatic carbocycles. The lowest BCUT2D eigenvalue weighted by molar-refractivity contribution is 0.103. The van der Waals surface area contributed by atoms with Crippen molar-refractivity contribution in [2.45, 2.75) is 32.2 Å². The number of benzene rings is 2. The van der Waals surface area contributed by atoms with Gasteiger partial charge in [-0.05, 0) is 79.8 Å². The molecule has 40 heavy (non-hydrogen) atoms. The number of methoxy groups -OCH3 is 1. The van der Waals surface area contributed by atoms with Gasteiger partial charge in [0.25, 0.3) is 0 Å². The van der Waals surface area contributed by atoms with E-state index in [0.717, 1.165) is 60.7 Å². The van der Waals surface area contributed by atoms with Gasteiger partial charge in [-0.3, -0.25) is 9.36 Å². The molecule has 206 valence electrons. The highest BCUT2D eigenvalue weighted by Crippen LogP contribution is 2.29. The number of rotatable bonds is 5. The highest BCUT2D eigenvalue weighted by atomic mass is 16.5. The van der Waals surface area contributed by atoms with Crippen LogP contribution in [0, 0.1) is 6.92 Å². The van der Waals surface area contributed by atoms with E-state index in [0.29, 0.717) is 28.8 Å². The van der Waals surface area contributed by atoms with Crippen molar-refractivity contribution in [3.8, 4) is 5.75 Å². The molecule has 0 aliphatic carbocycles. The van der Waals surface area contributed by atoms with Gasteiger partial charge < -0.3 is 24.3 Å². The third-order valence-corrected chi connectivity index (χ3v) is 8.01. The Labute approximate surface area is 231 Å². The third-order valence-electron chi connectivity index (χ3n) is 8.01. The predicted octanol–water partition coefficient (Wildman–Crippen LogP) is 4.13. The van der Waals surface area contributed by atoms with Gasteiger partial charge in [-0.25, -0.2) is 14.6 Å². The monoisotopic (exact) mass is 541 g/mol. The number of aryl methyl sites for hydroxylation is 2. The summed E-state index contributed by atoms with van der Waals surface area (Å²) in [6, 6.07) is 12.7. The Morgan fingerprint density at radius 1 is 1.05 bits per heavy atom. The lowest BCUT2D eigenvalue weighted by Gasteiger charge is -2.38. The Kier molecular flexibility index (Phi) is 6.53. The van der Waals surface area contributed by atoms with E-state index in [4.69, 9.17) is 9.15 Å². The first-order valence-electron chi connectivity index (χ1n) is 13.4. The molecule has 2 aliphatic heterocycles. The molecule has 1 saturated heterocycles. The van der Waals surface area contributed by atoms with Crippen molar-refractivity contribution in [1.82, 2.24) is 14.5 Å². The van der Waals surface area contributed by atoms with Crippen molar-refractivity contribution in [2.75, 3.05) is 37.0 Å². The molecule has 2 aromatic heterocycles. The maximum atomic E-state index is 13.4. The number of nitrogens with zero attached hydrogens (tertiary/aromatic N) is 4. The summed E-state index contributed by atoms with van der Waals surface area (Å²) in [5.74, 6) is 0.894. The van der Waals surface area contributed by atoms with E-state index < -0.39 is 5.76 Å². The number of fused-ring (bicyclic) bond motifs is 2.